The number of hydrogen-bond donors (Lipinski definition) is 1. The van der Waals surface area contributed by atoms with Crippen LogP contribution in [0.3, 0.4) is 0 Å². The highest BCUT2D eigenvalue weighted by Gasteiger charge is 2.30. The fourth-order valence-corrected chi connectivity index (χ4v) is 2.73. The Morgan fingerprint density at radius 1 is 1.19 bits per heavy atom. The fourth-order valence-electron chi connectivity index (χ4n) is 2.37. The Morgan fingerprint density at radius 2 is 1.96 bits per heavy atom. The number of alkyl halides is 3. The molecule has 1 heterocycles. The van der Waals surface area contributed by atoms with E-state index in [4.69, 9.17) is 0 Å². The third-order valence-corrected chi connectivity index (χ3v) is 4.07. The van der Waals surface area contributed by atoms with Gasteiger partial charge >= 0.3 is 6.18 Å². The lowest BCUT2D eigenvalue weighted by Crippen LogP contribution is -2.28. The summed E-state index contributed by atoms with van der Waals surface area (Å²) in [5.74, 6) is -0.637. The summed E-state index contributed by atoms with van der Waals surface area (Å²) >= 11 is 3.26. The van der Waals surface area contributed by atoms with Crippen molar-refractivity contribution in [3.05, 3.63) is 69.2 Å². The van der Waals surface area contributed by atoms with Crippen LogP contribution < -0.4 is 10.9 Å². The van der Waals surface area contributed by atoms with E-state index in [0.717, 1.165) is 16.7 Å². The van der Waals surface area contributed by atoms with Gasteiger partial charge in [-0.25, -0.2) is 4.98 Å². The molecule has 0 saturated carbocycles. The minimum Gasteiger partial charge on any atom is -0.325 e. The summed E-state index contributed by atoms with van der Waals surface area (Å²) in [6.45, 7) is -0.371. The van der Waals surface area contributed by atoms with E-state index in [9.17, 15) is 22.8 Å². The topological polar surface area (TPSA) is 64.0 Å². The van der Waals surface area contributed by atoms with E-state index in [1.165, 1.54) is 18.5 Å². The van der Waals surface area contributed by atoms with Crippen LogP contribution in [0.2, 0.25) is 0 Å². The number of nitrogens with one attached hydrogen (secondary N) is 1. The molecule has 9 heteroatoms. The van der Waals surface area contributed by atoms with Gasteiger partial charge in [0, 0.05) is 10.2 Å². The van der Waals surface area contributed by atoms with Gasteiger partial charge in [0.15, 0.2) is 0 Å². The molecule has 0 spiro atoms. The van der Waals surface area contributed by atoms with E-state index >= 15 is 0 Å². The number of fused-ring (bicyclic) bond motifs is 1. The van der Waals surface area contributed by atoms with Crippen LogP contribution in [0.15, 0.2) is 58.1 Å². The Kier molecular flexibility index (Phi) is 4.82. The highest BCUT2D eigenvalue weighted by molar-refractivity contribution is 9.10. The van der Waals surface area contributed by atoms with Gasteiger partial charge in [0.25, 0.3) is 5.56 Å². The van der Waals surface area contributed by atoms with Crippen LogP contribution in [-0.2, 0) is 17.5 Å². The number of carbonyl (C=O) groups excluding carboxylic acids is 1. The lowest BCUT2D eigenvalue weighted by Gasteiger charge is -2.11. The molecule has 0 saturated heterocycles. The third kappa shape index (κ3) is 3.93. The summed E-state index contributed by atoms with van der Waals surface area (Å²) in [6.07, 6.45) is -3.28. The second-order valence-electron chi connectivity index (χ2n) is 5.47. The molecule has 0 aliphatic rings. The predicted octanol–water partition coefficient (Wildman–Crippen LogP) is 3.82. The van der Waals surface area contributed by atoms with Crippen LogP contribution >= 0.6 is 15.9 Å². The quantitative estimate of drug-likeness (QED) is 0.693. The molecule has 0 bridgehead atoms. The van der Waals surface area contributed by atoms with E-state index < -0.39 is 23.2 Å². The number of nitrogens with zero attached hydrogens (tertiary/aromatic N) is 2. The van der Waals surface area contributed by atoms with Crippen molar-refractivity contribution in [2.24, 2.45) is 0 Å². The van der Waals surface area contributed by atoms with Crippen LogP contribution in [0.25, 0.3) is 10.9 Å². The largest absolute Gasteiger partial charge is 0.416 e. The maximum atomic E-state index is 12.7. The first-order valence-electron chi connectivity index (χ1n) is 7.36. The number of benzene rings is 2. The van der Waals surface area contributed by atoms with E-state index in [2.05, 4.69) is 26.2 Å². The summed E-state index contributed by atoms with van der Waals surface area (Å²) < 4.78 is 39.9. The number of anilines is 1. The molecule has 1 N–H and O–H groups in total. The maximum absolute atomic E-state index is 12.7. The number of amides is 1. The molecule has 0 fully saturated rings. The lowest BCUT2D eigenvalue weighted by atomic mass is 10.2. The van der Waals surface area contributed by atoms with Crippen LogP contribution in [0, 0.1) is 0 Å². The van der Waals surface area contributed by atoms with Crippen LogP contribution in [0.1, 0.15) is 5.56 Å². The Hall–Kier alpha value is -2.68. The zero-order valence-corrected chi connectivity index (χ0v) is 14.6. The molecule has 3 aromatic rings. The van der Waals surface area contributed by atoms with Crippen LogP contribution in [0.4, 0.5) is 18.9 Å². The number of aromatic nitrogens is 2. The van der Waals surface area contributed by atoms with Crippen molar-refractivity contribution >= 4 is 38.4 Å². The molecule has 5 nitrogen and oxygen atoms in total. The average molecular weight is 426 g/mol. The van der Waals surface area contributed by atoms with Crippen molar-refractivity contribution < 1.29 is 18.0 Å². The summed E-state index contributed by atoms with van der Waals surface area (Å²) in [6, 6.07) is 9.26. The van der Waals surface area contributed by atoms with Crippen LogP contribution in [-0.4, -0.2) is 15.5 Å². The number of carbonyl (C=O) groups is 1. The van der Waals surface area contributed by atoms with E-state index in [1.54, 1.807) is 18.2 Å². The van der Waals surface area contributed by atoms with E-state index in [1.807, 2.05) is 0 Å². The second-order valence-corrected chi connectivity index (χ2v) is 6.38. The molecule has 3 rings (SSSR count). The third-order valence-electron chi connectivity index (χ3n) is 3.57. The SMILES string of the molecule is O=C(Cn1cnc2ccc(Br)cc2c1=O)Nc1cccc(C(F)(F)F)c1. The lowest BCUT2D eigenvalue weighted by molar-refractivity contribution is -0.137. The minimum atomic E-state index is -4.51. The van der Waals surface area contributed by atoms with E-state index in [0.29, 0.717) is 15.4 Å². The first-order chi connectivity index (χ1) is 12.2. The Balaban J connectivity index is 1.82. The van der Waals surface area contributed by atoms with Gasteiger partial charge < -0.3 is 5.32 Å². The monoisotopic (exact) mass is 425 g/mol. The Morgan fingerprint density at radius 3 is 2.69 bits per heavy atom. The first-order valence-corrected chi connectivity index (χ1v) is 8.15. The molecule has 1 amide bonds. The molecule has 26 heavy (non-hydrogen) atoms. The second kappa shape index (κ2) is 6.91. The zero-order valence-electron chi connectivity index (χ0n) is 13.0. The van der Waals surface area contributed by atoms with Crippen molar-refractivity contribution in [2.75, 3.05) is 5.32 Å². The van der Waals surface area contributed by atoms with E-state index in [-0.39, 0.29) is 12.2 Å². The van der Waals surface area contributed by atoms with Crippen molar-refractivity contribution in [3.8, 4) is 0 Å². The van der Waals surface area contributed by atoms with Gasteiger partial charge in [-0.3, -0.25) is 14.2 Å². The molecule has 0 aliphatic carbocycles. The highest BCUT2D eigenvalue weighted by atomic mass is 79.9. The first kappa shape index (κ1) is 18.1. The van der Waals surface area contributed by atoms with Crippen molar-refractivity contribution in [1.82, 2.24) is 9.55 Å². The molecule has 1 aromatic heterocycles. The molecule has 0 unspecified atom stereocenters. The van der Waals surface area contributed by atoms with Gasteiger partial charge in [-0.2, -0.15) is 13.2 Å². The summed E-state index contributed by atoms with van der Waals surface area (Å²) in [4.78, 5) is 28.6. The maximum Gasteiger partial charge on any atom is 0.416 e. The zero-order chi connectivity index (χ0) is 18.9. The predicted molar refractivity (Wildman–Crippen MR) is 93.8 cm³/mol. The fraction of sp³-hybridized carbons (Fsp3) is 0.118. The normalized spacial score (nSPS) is 11.5. The number of halogens is 4. The Bertz CT molecular complexity index is 1050. The summed E-state index contributed by atoms with van der Waals surface area (Å²) in [5.41, 5.74) is -0.817. The summed E-state index contributed by atoms with van der Waals surface area (Å²) in [7, 11) is 0. The van der Waals surface area contributed by atoms with Gasteiger partial charge in [0.2, 0.25) is 5.91 Å². The van der Waals surface area contributed by atoms with Gasteiger partial charge in [0.05, 0.1) is 22.8 Å². The number of rotatable bonds is 3. The molecule has 0 aliphatic heterocycles. The summed E-state index contributed by atoms with van der Waals surface area (Å²) in [5, 5.41) is 2.68. The van der Waals surface area contributed by atoms with Gasteiger partial charge in [-0.1, -0.05) is 22.0 Å². The molecular formula is C17H11BrF3N3O2. The van der Waals surface area contributed by atoms with Gasteiger partial charge in [0.1, 0.15) is 6.54 Å². The van der Waals surface area contributed by atoms with Gasteiger partial charge in [-0.05, 0) is 36.4 Å². The van der Waals surface area contributed by atoms with Crippen molar-refractivity contribution in [3.63, 3.8) is 0 Å². The van der Waals surface area contributed by atoms with Gasteiger partial charge in [-0.15, -0.1) is 0 Å². The van der Waals surface area contributed by atoms with Crippen LogP contribution in [0.5, 0.6) is 0 Å². The smallest absolute Gasteiger partial charge is 0.325 e. The standard InChI is InChI=1S/C17H11BrF3N3O2/c18-11-4-5-14-13(7-11)16(26)24(9-22-14)8-15(25)23-12-3-1-2-10(6-12)17(19,20)21/h1-7,9H,8H2,(H,23,25). The molecule has 0 atom stereocenters. The molecule has 2 aromatic carbocycles. The Labute approximate surface area is 153 Å². The highest BCUT2D eigenvalue weighted by Crippen LogP contribution is 2.30. The van der Waals surface area contributed by atoms with Crippen molar-refractivity contribution in [2.45, 2.75) is 12.7 Å². The molecular weight excluding hydrogens is 415 g/mol. The molecule has 134 valence electrons. The minimum absolute atomic E-state index is 0.00522. The molecule has 0 radical (unpaired) electrons. The number of hydrogen-bond acceptors (Lipinski definition) is 3. The average Bonchev–Trinajstić information content (AvgIpc) is 2.57. The van der Waals surface area contributed by atoms with Crippen molar-refractivity contribution in [1.29, 1.82) is 0 Å².